The van der Waals surface area contributed by atoms with Crippen LogP contribution in [0.3, 0.4) is 0 Å². The summed E-state index contributed by atoms with van der Waals surface area (Å²) in [6, 6.07) is 22.0. The molecule has 0 aromatic heterocycles. The molecule has 0 saturated heterocycles. The molecular formula is C19H17NO. The van der Waals surface area contributed by atoms with E-state index in [-0.39, 0.29) is 0 Å². The zero-order valence-corrected chi connectivity index (χ0v) is 12.0. The summed E-state index contributed by atoms with van der Waals surface area (Å²) in [5.41, 5.74) is 2.36. The van der Waals surface area contributed by atoms with Gasteiger partial charge in [0.15, 0.2) is 0 Å². The molecule has 104 valence electrons. The highest BCUT2D eigenvalue weighted by molar-refractivity contribution is 6.12. The Hall–Kier alpha value is -2.61. The van der Waals surface area contributed by atoms with Crippen LogP contribution in [0.5, 0.6) is 5.75 Å². The summed E-state index contributed by atoms with van der Waals surface area (Å²) < 4.78 is 5.43. The van der Waals surface area contributed by atoms with Crippen LogP contribution >= 0.6 is 0 Å². The van der Waals surface area contributed by atoms with Gasteiger partial charge in [0.05, 0.1) is 12.3 Å². The van der Waals surface area contributed by atoms with E-state index < -0.39 is 0 Å². The summed E-state index contributed by atoms with van der Waals surface area (Å²) in [5.74, 6) is 0.840. The Bertz CT molecular complexity index is 775. The van der Waals surface area contributed by atoms with Crippen molar-refractivity contribution in [1.29, 1.82) is 5.41 Å². The SMILES string of the molecule is CCOc1ccc(C(=N)c2ccc3ccccc3c2)cc1. The predicted molar refractivity (Wildman–Crippen MR) is 87.5 cm³/mol. The molecule has 3 rings (SSSR count). The van der Waals surface area contributed by atoms with E-state index in [0.29, 0.717) is 12.3 Å². The van der Waals surface area contributed by atoms with Gasteiger partial charge < -0.3 is 4.74 Å². The normalized spacial score (nSPS) is 10.5. The van der Waals surface area contributed by atoms with Gasteiger partial charge >= 0.3 is 0 Å². The van der Waals surface area contributed by atoms with E-state index in [1.54, 1.807) is 0 Å². The summed E-state index contributed by atoms with van der Waals surface area (Å²) >= 11 is 0. The molecule has 0 aliphatic heterocycles. The van der Waals surface area contributed by atoms with Crippen LogP contribution in [0.15, 0.2) is 66.7 Å². The topological polar surface area (TPSA) is 33.1 Å². The van der Waals surface area contributed by atoms with Crippen molar-refractivity contribution in [1.82, 2.24) is 0 Å². The molecule has 0 amide bonds. The molecule has 2 nitrogen and oxygen atoms in total. The fourth-order valence-electron chi connectivity index (χ4n) is 2.40. The molecule has 2 heteroatoms. The number of fused-ring (bicyclic) bond motifs is 1. The molecule has 0 atom stereocenters. The van der Waals surface area contributed by atoms with Gasteiger partial charge in [0.1, 0.15) is 5.75 Å². The molecule has 0 aliphatic carbocycles. The van der Waals surface area contributed by atoms with Crippen molar-refractivity contribution >= 4 is 16.5 Å². The van der Waals surface area contributed by atoms with Crippen molar-refractivity contribution in [2.45, 2.75) is 6.92 Å². The van der Waals surface area contributed by atoms with Crippen LogP contribution in [-0.2, 0) is 0 Å². The van der Waals surface area contributed by atoms with Crippen LogP contribution < -0.4 is 4.74 Å². The first-order chi connectivity index (χ1) is 10.3. The minimum absolute atomic E-state index is 0.531. The van der Waals surface area contributed by atoms with Gasteiger partial charge in [0.2, 0.25) is 0 Å². The highest BCUT2D eigenvalue weighted by atomic mass is 16.5. The molecule has 0 bridgehead atoms. The maximum Gasteiger partial charge on any atom is 0.119 e. The summed E-state index contributed by atoms with van der Waals surface area (Å²) in [4.78, 5) is 0. The average molecular weight is 275 g/mol. The van der Waals surface area contributed by atoms with Crippen LogP contribution in [0.4, 0.5) is 0 Å². The molecule has 0 spiro atoms. The second kappa shape index (κ2) is 5.80. The van der Waals surface area contributed by atoms with E-state index in [2.05, 4.69) is 24.3 Å². The number of hydrogen-bond acceptors (Lipinski definition) is 2. The van der Waals surface area contributed by atoms with E-state index in [0.717, 1.165) is 22.3 Å². The quantitative estimate of drug-likeness (QED) is 0.690. The van der Waals surface area contributed by atoms with Gasteiger partial charge in [0.25, 0.3) is 0 Å². The standard InChI is InChI=1S/C19H17NO/c1-2-21-18-11-9-15(10-12-18)19(20)17-8-7-14-5-3-4-6-16(14)13-17/h3-13,20H,2H2,1H3. The largest absolute Gasteiger partial charge is 0.494 e. The Labute approximate surface area is 124 Å². The average Bonchev–Trinajstić information content (AvgIpc) is 2.55. The zero-order valence-electron chi connectivity index (χ0n) is 12.0. The fraction of sp³-hybridized carbons (Fsp3) is 0.105. The van der Waals surface area contributed by atoms with Crippen LogP contribution in [0.2, 0.25) is 0 Å². The molecule has 0 unspecified atom stereocenters. The van der Waals surface area contributed by atoms with Crippen LogP contribution in [0.1, 0.15) is 18.1 Å². The first-order valence-corrected chi connectivity index (χ1v) is 7.09. The van der Waals surface area contributed by atoms with Crippen molar-refractivity contribution in [3.63, 3.8) is 0 Å². The smallest absolute Gasteiger partial charge is 0.119 e. The van der Waals surface area contributed by atoms with Crippen molar-refractivity contribution in [3.05, 3.63) is 77.9 Å². The lowest BCUT2D eigenvalue weighted by molar-refractivity contribution is 0.340. The molecule has 1 N–H and O–H groups in total. The number of ether oxygens (including phenoxy) is 1. The van der Waals surface area contributed by atoms with Gasteiger partial charge in [-0.3, -0.25) is 5.41 Å². The zero-order chi connectivity index (χ0) is 14.7. The summed E-state index contributed by atoms with van der Waals surface area (Å²) in [7, 11) is 0. The van der Waals surface area contributed by atoms with Crippen LogP contribution in [-0.4, -0.2) is 12.3 Å². The third kappa shape index (κ3) is 2.79. The van der Waals surface area contributed by atoms with E-state index in [1.165, 1.54) is 5.39 Å². The molecule has 3 aromatic rings. The predicted octanol–water partition coefficient (Wildman–Crippen LogP) is 4.65. The highest BCUT2D eigenvalue weighted by Crippen LogP contribution is 2.19. The van der Waals surface area contributed by atoms with Crippen molar-refractivity contribution < 1.29 is 4.74 Å². The Morgan fingerprint density at radius 2 is 1.52 bits per heavy atom. The lowest BCUT2D eigenvalue weighted by Gasteiger charge is -2.08. The van der Waals surface area contributed by atoms with E-state index in [9.17, 15) is 0 Å². The summed E-state index contributed by atoms with van der Waals surface area (Å²) in [6.45, 7) is 2.62. The van der Waals surface area contributed by atoms with Gasteiger partial charge in [0, 0.05) is 11.1 Å². The maximum atomic E-state index is 8.38. The van der Waals surface area contributed by atoms with Gasteiger partial charge in [-0.05, 0) is 48.0 Å². The number of rotatable bonds is 4. The minimum atomic E-state index is 0.531. The van der Waals surface area contributed by atoms with Gasteiger partial charge in [-0.1, -0.05) is 36.4 Å². The van der Waals surface area contributed by atoms with E-state index in [1.807, 2.05) is 49.4 Å². The summed E-state index contributed by atoms with van der Waals surface area (Å²) in [5, 5.41) is 10.7. The summed E-state index contributed by atoms with van der Waals surface area (Å²) in [6.07, 6.45) is 0. The Morgan fingerprint density at radius 3 is 2.24 bits per heavy atom. The Balaban J connectivity index is 1.92. The van der Waals surface area contributed by atoms with Gasteiger partial charge in [-0.15, -0.1) is 0 Å². The van der Waals surface area contributed by atoms with Gasteiger partial charge in [-0.25, -0.2) is 0 Å². The third-order valence-electron chi connectivity index (χ3n) is 3.49. The molecule has 0 heterocycles. The number of benzene rings is 3. The molecule has 0 saturated carbocycles. The first-order valence-electron chi connectivity index (χ1n) is 7.09. The highest BCUT2D eigenvalue weighted by Gasteiger charge is 2.06. The van der Waals surface area contributed by atoms with Gasteiger partial charge in [-0.2, -0.15) is 0 Å². The van der Waals surface area contributed by atoms with Crippen molar-refractivity contribution in [3.8, 4) is 5.75 Å². The molecule has 3 aromatic carbocycles. The molecule has 0 fully saturated rings. The second-order valence-electron chi connectivity index (χ2n) is 4.89. The Kier molecular flexibility index (Phi) is 3.69. The minimum Gasteiger partial charge on any atom is -0.494 e. The lowest BCUT2D eigenvalue weighted by Crippen LogP contribution is -2.01. The monoisotopic (exact) mass is 275 g/mol. The van der Waals surface area contributed by atoms with Crippen molar-refractivity contribution in [2.24, 2.45) is 0 Å². The maximum absolute atomic E-state index is 8.38. The van der Waals surface area contributed by atoms with Crippen LogP contribution in [0.25, 0.3) is 10.8 Å². The number of nitrogens with one attached hydrogen (secondary N) is 1. The molecular weight excluding hydrogens is 258 g/mol. The van der Waals surface area contributed by atoms with Crippen LogP contribution in [0, 0.1) is 5.41 Å². The molecule has 0 radical (unpaired) electrons. The molecule has 0 aliphatic rings. The van der Waals surface area contributed by atoms with E-state index in [4.69, 9.17) is 10.1 Å². The fourth-order valence-corrected chi connectivity index (χ4v) is 2.40. The second-order valence-corrected chi connectivity index (χ2v) is 4.89. The Morgan fingerprint density at radius 1 is 0.857 bits per heavy atom. The molecule has 21 heavy (non-hydrogen) atoms. The van der Waals surface area contributed by atoms with E-state index >= 15 is 0 Å². The van der Waals surface area contributed by atoms with Crippen molar-refractivity contribution in [2.75, 3.05) is 6.61 Å². The number of hydrogen-bond donors (Lipinski definition) is 1. The first kappa shape index (κ1) is 13.4. The third-order valence-corrected chi connectivity index (χ3v) is 3.49. The lowest BCUT2D eigenvalue weighted by atomic mass is 9.99.